The second-order valence-corrected chi connectivity index (χ2v) is 3.79. The molecule has 0 unspecified atom stereocenters. The Morgan fingerprint density at radius 1 is 0.700 bits per heavy atom. The van der Waals surface area contributed by atoms with Crippen LogP contribution in [0.5, 0.6) is 0 Å². The number of nitrogens with two attached hydrogens (primary N) is 1. The Labute approximate surface area is 108 Å². The van der Waals surface area contributed by atoms with E-state index in [1.165, 1.54) is 0 Å². The molecule has 2 rings (SSSR count). The van der Waals surface area contributed by atoms with E-state index in [0.29, 0.717) is 6.07 Å². The van der Waals surface area contributed by atoms with Crippen LogP contribution in [-0.4, -0.2) is 0 Å². The fourth-order valence-electron chi connectivity index (χ4n) is 1.50. The first-order chi connectivity index (χ1) is 9.32. The molecule has 106 valence electrons. The second-order valence-electron chi connectivity index (χ2n) is 3.79. The molecule has 2 nitrogen and oxygen atoms in total. The highest BCUT2D eigenvalue weighted by atomic mass is 19.2. The molecule has 0 fully saturated rings. The van der Waals surface area contributed by atoms with E-state index >= 15 is 0 Å². The van der Waals surface area contributed by atoms with Crippen molar-refractivity contribution in [2.24, 2.45) is 0 Å². The fraction of sp³-hybridized carbons (Fsp3) is 0. The quantitative estimate of drug-likeness (QED) is 0.501. The number of hydrogen-bond acceptors (Lipinski definition) is 2. The van der Waals surface area contributed by atoms with Gasteiger partial charge in [-0.2, -0.15) is 0 Å². The molecular formula is C12H6F6N2. The van der Waals surface area contributed by atoms with E-state index in [1.807, 2.05) is 0 Å². The van der Waals surface area contributed by atoms with E-state index in [4.69, 9.17) is 5.73 Å². The smallest absolute Gasteiger partial charge is 0.185 e. The minimum absolute atomic E-state index is 0.0128. The first kappa shape index (κ1) is 14.0. The average molecular weight is 292 g/mol. The first-order valence-corrected chi connectivity index (χ1v) is 5.16. The number of anilines is 3. The van der Waals surface area contributed by atoms with Gasteiger partial charge in [0.05, 0.1) is 5.69 Å². The topological polar surface area (TPSA) is 38.0 Å². The Bertz CT molecular complexity index is 660. The van der Waals surface area contributed by atoms with Crippen molar-refractivity contribution in [3.05, 3.63) is 53.1 Å². The summed E-state index contributed by atoms with van der Waals surface area (Å²) in [4.78, 5) is 0. The molecule has 20 heavy (non-hydrogen) atoms. The van der Waals surface area contributed by atoms with Gasteiger partial charge in [-0.05, 0) is 12.1 Å². The van der Waals surface area contributed by atoms with Crippen molar-refractivity contribution in [3.8, 4) is 0 Å². The van der Waals surface area contributed by atoms with Crippen molar-refractivity contribution in [2.75, 3.05) is 11.1 Å². The van der Waals surface area contributed by atoms with E-state index in [-0.39, 0.29) is 6.07 Å². The Morgan fingerprint density at radius 2 is 1.20 bits per heavy atom. The molecule has 0 spiro atoms. The van der Waals surface area contributed by atoms with Crippen LogP contribution in [0, 0.1) is 34.9 Å². The summed E-state index contributed by atoms with van der Waals surface area (Å²) in [5, 5.41) is 1.73. The number of rotatable bonds is 2. The number of hydrogen-bond donors (Lipinski definition) is 2. The molecule has 3 N–H and O–H groups in total. The molecule has 0 aromatic heterocycles. The molecule has 0 aliphatic carbocycles. The minimum atomic E-state index is -1.79. The van der Waals surface area contributed by atoms with Gasteiger partial charge in [0.15, 0.2) is 34.9 Å². The zero-order valence-electron chi connectivity index (χ0n) is 9.58. The lowest BCUT2D eigenvalue weighted by molar-refractivity contribution is 0.459. The van der Waals surface area contributed by atoms with Crippen molar-refractivity contribution < 1.29 is 26.3 Å². The lowest BCUT2D eigenvalue weighted by Gasteiger charge is -2.13. The van der Waals surface area contributed by atoms with Crippen LogP contribution in [0.1, 0.15) is 0 Å². The summed E-state index contributed by atoms with van der Waals surface area (Å²) < 4.78 is 79.2. The third-order valence-corrected chi connectivity index (χ3v) is 2.49. The fourth-order valence-corrected chi connectivity index (χ4v) is 1.50. The van der Waals surface area contributed by atoms with Crippen LogP contribution in [0.3, 0.4) is 0 Å². The molecule has 0 aliphatic rings. The van der Waals surface area contributed by atoms with Crippen molar-refractivity contribution in [1.82, 2.24) is 0 Å². The molecule has 0 saturated heterocycles. The van der Waals surface area contributed by atoms with Gasteiger partial charge in [0.1, 0.15) is 11.4 Å². The molecule has 0 atom stereocenters. The van der Waals surface area contributed by atoms with Crippen LogP contribution in [0.2, 0.25) is 0 Å². The Morgan fingerprint density at radius 3 is 1.75 bits per heavy atom. The molecule has 0 heterocycles. The van der Waals surface area contributed by atoms with E-state index in [0.717, 1.165) is 6.07 Å². The summed E-state index contributed by atoms with van der Waals surface area (Å²) in [7, 11) is 0. The number of nitrogens with one attached hydrogen (secondary N) is 1. The Hall–Kier alpha value is -2.38. The number of halogens is 6. The summed E-state index contributed by atoms with van der Waals surface area (Å²) in [5.41, 5.74) is 2.78. The van der Waals surface area contributed by atoms with Crippen molar-refractivity contribution in [1.29, 1.82) is 0 Å². The first-order valence-electron chi connectivity index (χ1n) is 5.16. The molecular weight excluding hydrogens is 286 g/mol. The summed E-state index contributed by atoms with van der Waals surface area (Å²) in [6.07, 6.45) is 0. The van der Waals surface area contributed by atoms with Crippen molar-refractivity contribution in [2.45, 2.75) is 0 Å². The molecule has 0 aliphatic heterocycles. The zero-order chi connectivity index (χ0) is 15.0. The summed E-state index contributed by atoms with van der Waals surface area (Å²) >= 11 is 0. The van der Waals surface area contributed by atoms with E-state index in [2.05, 4.69) is 0 Å². The van der Waals surface area contributed by atoms with Gasteiger partial charge in [-0.15, -0.1) is 0 Å². The Kier molecular flexibility index (Phi) is 3.47. The van der Waals surface area contributed by atoms with E-state index in [9.17, 15) is 26.3 Å². The maximum atomic E-state index is 13.5. The van der Waals surface area contributed by atoms with Gasteiger partial charge in [0, 0.05) is 6.07 Å². The number of nitrogen functional groups attached to an aromatic ring is 1. The minimum Gasteiger partial charge on any atom is -0.397 e. The third kappa shape index (κ3) is 2.24. The molecule has 2 aromatic carbocycles. The molecule has 0 saturated carbocycles. The van der Waals surface area contributed by atoms with Crippen LogP contribution < -0.4 is 11.1 Å². The van der Waals surface area contributed by atoms with Gasteiger partial charge in [-0.1, -0.05) is 0 Å². The van der Waals surface area contributed by atoms with Crippen LogP contribution in [0.15, 0.2) is 18.2 Å². The van der Waals surface area contributed by atoms with Crippen LogP contribution in [0.25, 0.3) is 0 Å². The van der Waals surface area contributed by atoms with Gasteiger partial charge >= 0.3 is 0 Å². The largest absolute Gasteiger partial charge is 0.397 e. The van der Waals surface area contributed by atoms with Crippen molar-refractivity contribution in [3.63, 3.8) is 0 Å². The van der Waals surface area contributed by atoms with E-state index < -0.39 is 52.0 Å². The normalized spacial score (nSPS) is 10.7. The van der Waals surface area contributed by atoms with Gasteiger partial charge in [-0.25, -0.2) is 26.3 Å². The summed E-state index contributed by atoms with van der Waals surface area (Å²) in [6.45, 7) is 0. The lowest BCUT2D eigenvalue weighted by atomic mass is 10.2. The molecule has 2 aromatic rings. The average Bonchev–Trinajstić information content (AvgIpc) is 2.40. The third-order valence-electron chi connectivity index (χ3n) is 2.49. The predicted molar refractivity (Wildman–Crippen MR) is 60.3 cm³/mol. The van der Waals surface area contributed by atoms with Gasteiger partial charge < -0.3 is 11.1 Å². The summed E-state index contributed by atoms with van der Waals surface area (Å²) in [5.74, 6) is -9.84. The predicted octanol–water partition coefficient (Wildman–Crippen LogP) is 3.85. The summed E-state index contributed by atoms with van der Waals surface area (Å²) in [6, 6.07) is 1.60. The molecule has 0 bridgehead atoms. The maximum Gasteiger partial charge on any atom is 0.185 e. The Balaban J connectivity index is 2.59. The molecule has 8 heteroatoms. The highest BCUT2D eigenvalue weighted by molar-refractivity contribution is 5.73. The van der Waals surface area contributed by atoms with Crippen LogP contribution in [0.4, 0.5) is 43.4 Å². The van der Waals surface area contributed by atoms with E-state index in [1.54, 1.807) is 5.32 Å². The van der Waals surface area contributed by atoms with Crippen LogP contribution in [-0.2, 0) is 0 Å². The van der Waals surface area contributed by atoms with Gasteiger partial charge in [0.2, 0.25) is 0 Å². The monoisotopic (exact) mass is 292 g/mol. The van der Waals surface area contributed by atoms with Gasteiger partial charge in [-0.3, -0.25) is 0 Å². The lowest BCUT2D eigenvalue weighted by Crippen LogP contribution is -2.07. The van der Waals surface area contributed by atoms with Crippen molar-refractivity contribution >= 4 is 17.1 Å². The standard InChI is InChI=1S/C12H6F6N2/c13-4-1-2-7(19)11(8(4)16)20-12-9(17)5(14)3-6(15)10(12)18/h1-3,20H,19H2. The SMILES string of the molecule is Nc1ccc(F)c(F)c1Nc1c(F)c(F)cc(F)c1F. The second kappa shape index (κ2) is 4.95. The highest BCUT2D eigenvalue weighted by Gasteiger charge is 2.22. The molecule has 0 radical (unpaired) electrons. The maximum absolute atomic E-state index is 13.5. The zero-order valence-corrected chi connectivity index (χ0v) is 9.58. The van der Waals surface area contributed by atoms with Gasteiger partial charge in [0.25, 0.3) is 0 Å². The highest BCUT2D eigenvalue weighted by Crippen LogP contribution is 2.32. The number of benzene rings is 2. The van der Waals surface area contributed by atoms with Crippen LogP contribution >= 0.6 is 0 Å². The molecule has 0 amide bonds.